The highest BCUT2D eigenvalue weighted by atomic mass is 127. The summed E-state index contributed by atoms with van der Waals surface area (Å²) < 4.78 is 38.5. The van der Waals surface area contributed by atoms with Gasteiger partial charge in [0.2, 0.25) is 0 Å². The summed E-state index contributed by atoms with van der Waals surface area (Å²) in [5.74, 6) is 0.477. The fourth-order valence-electron chi connectivity index (χ4n) is 2.90. The lowest BCUT2D eigenvalue weighted by atomic mass is 10.2. The normalized spacial score (nSPS) is 16.9. The Morgan fingerprint density at radius 3 is 2.21 bits per heavy atom. The number of amides is 1. The molecule has 1 fully saturated rings. The van der Waals surface area contributed by atoms with Crippen LogP contribution in [0.2, 0.25) is 0 Å². The highest BCUT2D eigenvalue weighted by Crippen LogP contribution is 2.25. The molecule has 1 aromatic carbocycles. The number of nitrogens with zero attached hydrogens (tertiary/aromatic N) is 3. The van der Waals surface area contributed by atoms with Crippen molar-refractivity contribution in [2.24, 2.45) is 4.99 Å². The number of carbonyl (C=O) groups is 1. The van der Waals surface area contributed by atoms with E-state index in [1.807, 2.05) is 11.0 Å². The summed E-state index contributed by atoms with van der Waals surface area (Å²) in [6, 6.07) is 7.48. The van der Waals surface area contributed by atoms with Gasteiger partial charge in [-0.25, -0.2) is 0 Å². The van der Waals surface area contributed by atoms with Crippen LogP contribution in [-0.4, -0.2) is 80.2 Å². The van der Waals surface area contributed by atoms with Crippen molar-refractivity contribution in [3.05, 3.63) is 35.9 Å². The maximum atomic E-state index is 12.8. The van der Waals surface area contributed by atoms with Crippen LogP contribution in [0.3, 0.4) is 0 Å². The molecule has 0 aromatic heterocycles. The first-order valence-corrected chi connectivity index (χ1v) is 8.92. The minimum Gasteiger partial charge on any atom is -0.354 e. The fraction of sp³-hybridized carbons (Fsp3) is 0.556. The molecule has 1 unspecified atom stereocenters. The Labute approximate surface area is 180 Å². The van der Waals surface area contributed by atoms with Crippen LogP contribution in [0.4, 0.5) is 13.2 Å². The van der Waals surface area contributed by atoms with Gasteiger partial charge in [-0.05, 0) is 19.1 Å². The summed E-state index contributed by atoms with van der Waals surface area (Å²) in [4.78, 5) is 19.5. The number of carbonyl (C=O) groups excluding carboxylic acids is 1. The number of hydrogen-bond acceptors (Lipinski definition) is 3. The van der Waals surface area contributed by atoms with E-state index in [0.717, 1.165) is 0 Å². The molecule has 28 heavy (non-hydrogen) atoms. The first-order valence-electron chi connectivity index (χ1n) is 8.92. The van der Waals surface area contributed by atoms with Crippen molar-refractivity contribution in [1.29, 1.82) is 0 Å². The SMILES string of the molecule is CN=C(NCCNC(=O)c1ccccc1)N1CCN(C(C)C(F)(F)F)CC1.I. The van der Waals surface area contributed by atoms with Crippen molar-refractivity contribution < 1.29 is 18.0 Å². The van der Waals surface area contributed by atoms with E-state index in [4.69, 9.17) is 0 Å². The van der Waals surface area contributed by atoms with Crippen LogP contribution in [0.5, 0.6) is 0 Å². The third kappa shape index (κ3) is 7.12. The molecule has 1 aliphatic heterocycles. The first-order chi connectivity index (χ1) is 12.8. The molecular formula is C18H27F3IN5O. The molecule has 1 aliphatic rings. The van der Waals surface area contributed by atoms with E-state index in [9.17, 15) is 18.0 Å². The molecule has 1 heterocycles. The lowest BCUT2D eigenvalue weighted by molar-refractivity contribution is -0.181. The number of benzene rings is 1. The van der Waals surface area contributed by atoms with Crippen LogP contribution in [0.15, 0.2) is 35.3 Å². The van der Waals surface area contributed by atoms with Crippen LogP contribution < -0.4 is 10.6 Å². The number of nitrogens with one attached hydrogen (secondary N) is 2. The topological polar surface area (TPSA) is 60.0 Å². The van der Waals surface area contributed by atoms with Crippen molar-refractivity contribution in [1.82, 2.24) is 20.4 Å². The summed E-state index contributed by atoms with van der Waals surface area (Å²) >= 11 is 0. The summed E-state index contributed by atoms with van der Waals surface area (Å²) in [7, 11) is 1.63. The van der Waals surface area contributed by atoms with Gasteiger partial charge in [-0.15, -0.1) is 24.0 Å². The van der Waals surface area contributed by atoms with Crippen molar-refractivity contribution in [2.45, 2.75) is 19.1 Å². The Bertz CT molecular complexity index is 634. The Morgan fingerprint density at radius 2 is 1.68 bits per heavy atom. The molecule has 2 N–H and O–H groups in total. The fourth-order valence-corrected chi connectivity index (χ4v) is 2.90. The largest absolute Gasteiger partial charge is 0.403 e. The Balaban J connectivity index is 0.00000392. The molecule has 0 radical (unpaired) electrons. The summed E-state index contributed by atoms with van der Waals surface area (Å²) in [5.41, 5.74) is 0.594. The Morgan fingerprint density at radius 1 is 1.11 bits per heavy atom. The van der Waals surface area contributed by atoms with E-state index in [2.05, 4.69) is 15.6 Å². The van der Waals surface area contributed by atoms with E-state index in [-0.39, 0.29) is 29.9 Å². The minimum atomic E-state index is -4.21. The highest BCUT2D eigenvalue weighted by Gasteiger charge is 2.41. The third-order valence-electron chi connectivity index (χ3n) is 4.58. The van der Waals surface area contributed by atoms with E-state index in [0.29, 0.717) is 50.8 Å². The zero-order chi connectivity index (χ0) is 19.9. The minimum absolute atomic E-state index is 0. The van der Waals surface area contributed by atoms with E-state index in [1.165, 1.54) is 11.8 Å². The predicted octanol–water partition coefficient (Wildman–Crippen LogP) is 2.18. The van der Waals surface area contributed by atoms with Crippen LogP contribution in [-0.2, 0) is 0 Å². The molecule has 10 heteroatoms. The molecule has 6 nitrogen and oxygen atoms in total. The molecule has 1 amide bonds. The van der Waals surface area contributed by atoms with Gasteiger partial charge in [0.15, 0.2) is 5.96 Å². The molecule has 0 aliphatic carbocycles. The van der Waals surface area contributed by atoms with E-state index < -0.39 is 12.2 Å². The lowest BCUT2D eigenvalue weighted by Crippen LogP contribution is -2.57. The van der Waals surface area contributed by atoms with Gasteiger partial charge in [-0.1, -0.05) is 18.2 Å². The Kier molecular flexibility index (Phi) is 10.0. The zero-order valence-corrected chi connectivity index (χ0v) is 18.3. The zero-order valence-electron chi connectivity index (χ0n) is 16.0. The summed E-state index contributed by atoms with van der Waals surface area (Å²) in [6.45, 7) is 3.67. The average molecular weight is 513 g/mol. The molecule has 0 saturated carbocycles. The van der Waals surface area contributed by atoms with Crippen LogP contribution >= 0.6 is 24.0 Å². The number of halogens is 4. The van der Waals surface area contributed by atoms with Gasteiger partial charge in [-0.3, -0.25) is 14.7 Å². The number of rotatable bonds is 5. The second-order valence-electron chi connectivity index (χ2n) is 6.34. The Hall–Kier alpha value is -1.56. The second kappa shape index (κ2) is 11.4. The summed E-state index contributed by atoms with van der Waals surface area (Å²) in [5, 5.41) is 5.95. The number of aliphatic imine (C=N–C) groups is 1. The summed E-state index contributed by atoms with van der Waals surface area (Å²) in [6.07, 6.45) is -4.21. The third-order valence-corrected chi connectivity index (χ3v) is 4.58. The molecule has 1 aromatic rings. The van der Waals surface area contributed by atoms with Crippen molar-refractivity contribution in [2.75, 3.05) is 46.3 Å². The molecule has 0 bridgehead atoms. The maximum Gasteiger partial charge on any atom is 0.403 e. The van der Waals surface area contributed by atoms with Gasteiger partial charge in [0.25, 0.3) is 5.91 Å². The van der Waals surface area contributed by atoms with Crippen LogP contribution in [0, 0.1) is 0 Å². The molecule has 0 spiro atoms. The number of hydrogen-bond donors (Lipinski definition) is 2. The van der Waals surface area contributed by atoms with Gasteiger partial charge < -0.3 is 15.5 Å². The monoisotopic (exact) mass is 513 g/mol. The van der Waals surface area contributed by atoms with Crippen molar-refractivity contribution in [3.63, 3.8) is 0 Å². The molecule has 158 valence electrons. The molecule has 1 saturated heterocycles. The van der Waals surface area contributed by atoms with Crippen LogP contribution in [0.1, 0.15) is 17.3 Å². The predicted molar refractivity (Wildman–Crippen MR) is 114 cm³/mol. The van der Waals surface area contributed by atoms with Gasteiger partial charge in [0.1, 0.15) is 6.04 Å². The average Bonchev–Trinajstić information content (AvgIpc) is 2.67. The second-order valence-corrected chi connectivity index (χ2v) is 6.34. The highest BCUT2D eigenvalue weighted by molar-refractivity contribution is 14.0. The first kappa shape index (κ1) is 24.5. The quantitative estimate of drug-likeness (QED) is 0.275. The van der Waals surface area contributed by atoms with Gasteiger partial charge in [0.05, 0.1) is 0 Å². The molecule has 2 rings (SSSR count). The standard InChI is InChI=1S/C18H26F3N5O.HI/c1-14(18(19,20)21)25-10-12-26(13-11-25)17(22-2)24-9-8-23-16(27)15-6-4-3-5-7-15;/h3-7,14H,8-13H2,1-2H3,(H,22,24)(H,23,27);1H. The smallest absolute Gasteiger partial charge is 0.354 e. The lowest BCUT2D eigenvalue weighted by Gasteiger charge is -2.39. The van der Waals surface area contributed by atoms with Gasteiger partial charge in [0, 0.05) is 51.9 Å². The van der Waals surface area contributed by atoms with Crippen molar-refractivity contribution >= 4 is 35.8 Å². The van der Waals surface area contributed by atoms with Gasteiger partial charge in [-0.2, -0.15) is 13.2 Å². The van der Waals surface area contributed by atoms with E-state index in [1.54, 1.807) is 31.3 Å². The molecule has 1 atom stereocenters. The maximum absolute atomic E-state index is 12.8. The van der Waals surface area contributed by atoms with Gasteiger partial charge >= 0.3 is 6.18 Å². The van der Waals surface area contributed by atoms with Crippen LogP contribution in [0.25, 0.3) is 0 Å². The number of piperazine rings is 1. The van der Waals surface area contributed by atoms with E-state index >= 15 is 0 Å². The van der Waals surface area contributed by atoms with Crippen molar-refractivity contribution in [3.8, 4) is 0 Å². The number of alkyl halides is 3. The number of guanidine groups is 1. The molecular weight excluding hydrogens is 486 g/mol.